The number of aryl methyl sites for hydroxylation is 2. The molecule has 0 saturated heterocycles. The Labute approximate surface area is 256 Å². The maximum Gasteiger partial charge on any atom is 0.355 e. The van der Waals surface area contributed by atoms with Crippen LogP contribution in [-0.4, -0.2) is 63.6 Å². The summed E-state index contributed by atoms with van der Waals surface area (Å²) in [5, 5.41) is 0. The summed E-state index contributed by atoms with van der Waals surface area (Å²) in [5.41, 5.74) is 4.50. The molecule has 0 aliphatic carbocycles. The molecule has 2 heterocycles. The second-order valence-corrected chi connectivity index (χ2v) is 24.5. The molecule has 0 saturated carbocycles. The van der Waals surface area contributed by atoms with Crippen molar-refractivity contribution >= 4 is 28.1 Å². The van der Waals surface area contributed by atoms with Crippen molar-refractivity contribution < 1.29 is 28.5 Å². The van der Waals surface area contributed by atoms with Gasteiger partial charge < -0.3 is 28.1 Å². The third-order valence-corrected chi connectivity index (χ3v) is 10.4. The van der Waals surface area contributed by atoms with Crippen LogP contribution in [0.15, 0.2) is 12.1 Å². The molecular formula is C32H56N2O6Si2. The van der Waals surface area contributed by atoms with E-state index >= 15 is 0 Å². The maximum atomic E-state index is 13.4. The van der Waals surface area contributed by atoms with Gasteiger partial charge in [0.1, 0.15) is 24.8 Å². The molecule has 10 heteroatoms. The number of nitrogens with zero attached hydrogens (tertiary/aromatic N) is 2. The van der Waals surface area contributed by atoms with Crippen LogP contribution in [0.4, 0.5) is 0 Å². The largest absolute Gasteiger partial charge is 0.461 e. The molecule has 0 amide bonds. The predicted molar refractivity (Wildman–Crippen MR) is 176 cm³/mol. The summed E-state index contributed by atoms with van der Waals surface area (Å²) >= 11 is 0. The number of aromatic nitrogens is 2. The number of hydrogen-bond donors (Lipinski definition) is 0. The van der Waals surface area contributed by atoms with Crippen molar-refractivity contribution in [1.29, 1.82) is 0 Å². The van der Waals surface area contributed by atoms with Crippen LogP contribution in [0.2, 0.25) is 51.4 Å². The van der Waals surface area contributed by atoms with Crippen molar-refractivity contribution in [3.05, 3.63) is 34.6 Å². The summed E-state index contributed by atoms with van der Waals surface area (Å²) in [7, 11) is -2.60. The van der Waals surface area contributed by atoms with E-state index in [1.165, 1.54) is 0 Å². The lowest BCUT2D eigenvalue weighted by Gasteiger charge is -2.20. The quantitative estimate of drug-likeness (QED) is 0.0904. The van der Waals surface area contributed by atoms with Gasteiger partial charge in [-0.15, -0.1) is 0 Å². The number of rotatable bonds is 19. The first-order valence-corrected chi connectivity index (χ1v) is 23.1. The van der Waals surface area contributed by atoms with Crippen LogP contribution < -0.4 is 0 Å². The molecule has 0 aromatic carbocycles. The fourth-order valence-corrected chi connectivity index (χ4v) is 6.29. The summed E-state index contributed by atoms with van der Waals surface area (Å²) in [6.07, 6.45) is 3.21. The second kappa shape index (κ2) is 16.6. The Bertz CT molecular complexity index is 1070. The van der Waals surface area contributed by atoms with Crippen LogP contribution in [0, 0.1) is 0 Å². The highest BCUT2D eigenvalue weighted by Gasteiger charge is 2.29. The lowest BCUT2D eigenvalue weighted by molar-refractivity contribution is 0.0460. The SMILES string of the molecule is CCCc1cc(-c2cc(CCC)c(C(=O)OCC)n2COCC[Si](C)(C)C)n(COCC[Si](C)(C)C)c1C(=O)OCC. The van der Waals surface area contributed by atoms with Crippen LogP contribution in [0.5, 0.6) is 0 Å². The predicted octanol–water partition coefficient (Wildman–Crippen LogP) is 7.84. The zero-order valence-corrected chi connectivity index (χ0v) is 30.0. The Kier molecular flexibility index (Phi) is 14.3. The van der Waals surface area contributed by atoms with Gasteiger partial charge in [-0.2, -0.15) is 0 Å². The van der Waals surface area contributed by atoms with E-state index in [0.717, 1.165) is 60.3 Å². The molecule has 0 aliphatic rings. The van der Waals surface area contributed by atoms with Crippen molar-refractivity contribution in [2.45, 2.75) is 118 Å². The average molecular weight is 621 g/mol. The van der Waals surface area contributed by atoms with E-state index in [0.29, 0.717) is 24.6 Å². The topological polar surface area (TPSA) is 80.9 Å². The molecular weight excluding hydrogens is 565 g/mol. The normalized spacial score (nSPS) is 12.1. The minimum atomic E-state index is -1.30. The van der Waals surface area contributed by atoms with Gasteiger partial charge in [0, 0.05) is 29.4 Å². The van der Waals surface area contributed by atoms with E-state index in [1.807, 2.05) is 23.0 Å². The van der Waals surface area contributed by atoms with Crippen LogP contribution >= 0.6 is 0 Å². The standard InChI is InChI=1S/C32H56N2O6Si2/c1-11-15-25-21-27(33(29(25)31(35)39-13-3)23-37-17-19-41(5,6)7)28-22-26(16-12-2)30(32(36)40-14-4)34(28)24-38-18-20-42(8,9)10/h21-22H,11-20,23-24H2,1-10H3. The molecule has 2 rings (SSSR count). The fraction of sp³-hybridized carbons (Fsp3) is 0.688. The van der Waals surface area contributed by atoms with Gasteiger partial charge in [0.15, 0.2) is 0 Å². The summed E-state index contributed by atoms with van der Waals surface area (Å²) in [6, 6.07) is 6.18. The van der Waals surface area contributed by atoms with Gasteiger partial charge in [-0.05, 0) is 62.0 Å². The Morgan fingerprint density at radius 2 is 1.00 bits per heavy atom. The van der Waals surface area contributed by atoms with Crippen LogP contribution in [0.1, 0.15) is 72.6 Å². The fourth-order valence-electron chi connectivity index (χ4n) is 4.77. The number of carbonyl (C=O) groups excluding carboxylic acids is 2. The van der Waals surface area contributed by atoms with Crippen molar-refractivity contribution in [3.63, 3.8) is 0 Å². The van der Waals surface area contributed by atoms with Crippen molar-refractivity contribution in [2.75, 3.05) is 26.4 Å². The highest BCUT2D eigenvalue weighted by atomic mass is 28.3. The highest BCUT2D eigenvalue weighted by Crippen LogP contribution is 2.33. The maximum absolute atomic E-state index is 13.4. The van der Waals surface area contributed by atoms with E-state index in [2.05, 4.69) is 65.3 Å². The molecule has 0 unspecified atom stereocenters. The third kappa shape index (κ3) is 10.5. The van der Waals surface area contributed by atoms with E-state index in [4.69, 9.17) is 18.9 Å². The van der Waals surface area contributed by atoms with Gasteiger partial charge in [0.2, 0.25) is 0 Å². The molecule has 0 bridgehead atoms. The van der Waals surface area contributed by atoms with Gasteiger partial charge in [-0.25, -0.2) is 9.59 Å². The Morgan fingerprint density at radius 3 is 1.29 bits per heavy atom. The third-order valence-electron chi connectivity index (χ3n) is 7.02. The first kappa shape index (κ1) is 36.0. The van der Waals surface area contributed by atoms with Gasteiger partial charge >= 0.3 is 11.9 Å². The molecule has 42 heavy (non-hydrogen) atoms. The Hall–Kier alpha value is -2.15. The van der Waals surface area contributed by atoms with E-state index in [9.17, 15) is 9.59 Å². The number of carbonyl (C=O) groups is 2. The lowest BCUT2D eigenvalue weighted by atomic mass is 10.1. The summed E-state index contributed by atoms with van der Waals surface area (Å²) < 4.78 is 27.4. The molecule has 238 valence electrons. The first-order chi connectivity index (χ1) is 19.8. The average Bonchev–Trinajstić information content (AvgIpc) is 3.42. The lowest BCUT2D eigenvalue weighted by Crippen LogP contribution is -2.23. The molecule has 0 fully saturated rings. The molecule has 2 aromatic heterocycles. The van der Waals surface area contributed by atoms with Crippen LogP contribution in [0.25, 0.3) is 11.4 Å². The molecule has 0 spiro atoms. The minimum absolute atomic E-state index is 0.219. The molecule has 0 radical (unpaired) electrons. The Morgan fingerprint density at radius 1 is 0.643 bits per heavy atom. The monoisotopic (exact) mass is 620 g/mol. The van der Waals surface area contributed by atoms with E-state index in [1.54, 1.807) is 0 Å². The molecule has 0 atom stereocenters. The zero-order chi connectivity index (χ0) is 31.5. The van der Waals surface area contributed by atoms with Crippen LogP contribution in [0.3, 0.4) is 0 Å². The van der Waals surface area contributed by atoms with E-state index in [-0.39, 0.29) is 38.6 Å². The zero-order valence-electron chi connectivity index (χ0n) is 28.0. The molecule has 0 aliphatic heterocycles. The molecule has 2 aromatic rings. The minimum Gasteiger partial charge on any atom is -0.461 e. The number of ether oxygens (including phenoxy) is 4. The van der Waals surface area contributed by atoms with Gasteiger partial charge in [-0.3, -0.25) is 0 Å². The number of hydrogen-bond acceptors (Lipinski definition) is 6. The van der Waals surface area contributed by atoms with Gasteiger partial charge in [-0.1, -0.05) is 66.0 Å². The highest BCUT2D eigenvalue weighted by molar-refractivity contribution is 6.76. The summed E-state index contributed by atoms with van der Waals surface area (Å²) in [6.45, 7) is 24.0. The Balaban J connectivity index is 2.74. The molecule has 0 N–H and O–H groups in total. The van der Waals surface area contributed by atoms with Crippen molar-refractivity contribution in [3.8, 4) is 11.4 Å². The summed E-state index contributed by atoms with van der Waals surface area (Å²) in [4.78, 5) is 26.7. The van der Waals surface area contributed by atoms with Gasteiger partial charge in [0.05, 0.1) is 24.6 Å². The number of esters is 2. The second-order valence-electron chi connectivity index (χ2n) is 13.3. The summed E-state index contributed by atoms with van der Waals surface area (Å²) in [5.74, 6) is -0.713. The van der Waals surface area contributed by atoms with Crippen LogP contribution in [-0.2, 0) is 45.3 Å². The van der Waals surface area contributed by atoms with Crippen molar-refractivity contribution in [1.82, 2.24) is 9.13 Å². The van der Waals surface area contributed by atoms with Gasteiger partial charge in [0.25, 0.3) is 0 Å². The van der Waals surface area contributed by atoms with E-state index < -0.39 is 16.1 Å². The van der Waals surface area contributed by atoms with Crippen molar-refractivity contribution in [2.24, 2.45) is 0 Å². The molecule has 8 nitrogen and oxygen atoms in total. The first-order valence-electron chi connectivity index (χ1n) is 15.7. The smallest absolute Gasteiger partial charge is 0.355 e.